The van der Waals surface area contributed by atoms with E-state index in [1.54, 1.807) is 7.11 Å². The predicted octanol–water partition coefficient (Wildman–Crippen LogP) is 0.688. The van der Waals surface area contributed by atoms with Crippen molar-refractivity contribution in [2.45, 2.75) is 43.7 Å². The van der Waals surface area contributed by atoms with E-state index in [-0.39, 0.29) is 17.6 Å². The second kappa shape index (κ2) is 5.23. The fraction of sp³-hybridized carbons (Fsp3) is 0.917. The Kier molecular flexibility index (Phi) is 3.89. The largest absolute Gasteiger partial charge is 0.383 e. The van der Waals surface area contributed by atoms with Gasteiger partial charge >= 0.3 is 6.03 Å². The summed E-state index contributed by atoms with van der Waals surface area (Å²) in [5, 5.41) is 2.88. The molecule has 2 atom stereocenters. The third-order valence-electron chi connectivity index (χ3n) is 4.07. The maximum atomic E-state index is 12.0. The van der Waals surface area contributed by atoms with E-state index in [0.29, 0.717) is 13.2 Å². The fourth-order valence-corrected chi connectivity index (χ4v) is 3.09. The number of methoxy groups -OCH3 is 1. The van der Waals surface area contributed by atoms with Crippen LogP contribution in [0.2, 0.25) is 0 Å². The van der Waals surface area contributed by atoms with E-state index >= 15 is 0 Å². The Balaban J connectivity index is 1.91. The summed E-state index contributed by atoms with van der Waals surface area (Å²) in [6.07, 6.45) is 5.43. The monoisotopic (exact) mass is 241 g/mol. The minimum absolute atomic E-state index is 0.0151. The summed E-state index contributed by atoms with van der Waals surface area (Å²) in [4.78, 5) is 13.9. The van der Waals surface area contributed by atoms with Gasteiger partial charge in [0, 0.05) is 25.7 Å². The van der Waals surface area contributed by atoms with Crippen LogP contribution in [0.15, 0.2) is 0 Å². The highest BCUT2D eigenvalue weighted by Gasteiger charge is 2.47. The molecule has 0 spiro atoms. The molecule has 1 aliphatic carbocycles. The number of urea groups is 1. The van der Waals surface area contributed by atoms with E-state index in [1.165, 1.54) is 12.8 Å². The Morgan fingerprint density at radius 1 is 1.53 bits per heavy atom. The number of nitrogens with one attached hydrogen (secondary N) is 1. The fourth-order valence-electron chi connectivity index (χ4n) is 3.09. The lowest BCUT2D eigenvalue weighted by molar-refractivity contribution is 0.152. The van der Waals surface area contributed by atoms with Gasteiger partial charge in [-0.1, -0.05) is 12.8 Å². The van der Waals surface area contributed by atoms with Crippen molar-refractivity contribution in [1.82, 2.24) is 10.2 Å². The second-order valence-corrected chi connectivity index (χ2v) is 5.16. The molecule has 2 aliphatic rings. The highest BCUT2D eigenvalue weighted by atomic mass is 16.5. The van der Waals surface area contributed by atoms with Crippen molar-refractivity contribution >= 4 is 6.03 Å². The number of nitrogens with zero attached hydrogens (tertiary/aromatic N) is 1. The molecule has 0 bridgehead atoms. The maximum Gasteiger partial charge on any atom is 0.317 e. The lowest BCUT2D eigenvalue weighted by Gasteiger charge is -2.38. The van der Waals surface area contributed by atoms with E-state index in [1.807, 2.05) is 4.90 Å². The van der Waals surface area contributed by atoms with Gasteiger partial charge in [0.1, 0.15) is 0 Å². The van der Waals surface area contributed by atoms with Crippen LogP contribution in [0, 0.1) is 0 Å². The number of rotatable bonds is 3. The lowest BCUT2D eigenvalue weighted by Crippen LogP contribution is -2.56. The van der Waals surface area contributed by atoms with Crippen LogP contribution in [-0.2, 0) is 4.74 Å². The molecule has 2 rings (SSSR count). The third kappa shape index (κ3) is 2.55. The first kappa shape index (κ1) is 12.6. The van der Waals surface area contributed by atoms with Gasteiger partial charge in [-0.3, -0.25) is 0 Å². The normalized spacial score (nSPS) is 32.4. The molecule has 1 saturated carbocycles. The summed E-state index contributed by atoms with van der Waals surface area (Å²) >= 11 is 0. The van der Waals surface area contributed by atoms with Crippen molar-refractivity contribution in [3.8, 4) is 0 Å². The molecule has 2 amide bonds. The number of amides is 2. The summed E-state index contributed by atoms with van der Waals surface area (Å²) in [6, 6.07) is 0.250. The van der Waals surface area contributed by atoms with Gasteiger partial charge in [0.05, 0.1) is 12.6 Å². The van der Waals surface area contributed by atoms with E-state index in [0.717, 1.165) is 25.8 Å². The van der Waals surface area contributed by atoms with E-state index in [4.69, 9.17) is 10.5 Å². The first-order chi connectivity index (χ1) is 8.17. The van der Waals surface area contributed by atoms with Crippen molar-refractivity contribution in [2.24, 2.45) is 5.73 Å². The quantitative estimate of drug-likeness (QED) is 0.714. The molecule has 2 unspecified atom stereocenters. The highest BCUT2D eigenvalue weighted by molar-refractivity contribution is 5.75. The average molecular weight is 241 g/mol. The Morgan fingerprint density at radius 3 is 3.12 bits per heavy atom. The number of carbonyl (C=O) groups excluding carboxylic acids is 1. The molecule has 1 heterocycles. The summed E-state index contributed by atoms with van der Waals surface area (Å²) < 4.78 is 4.92. The van der Waals surface area contributed by atoms with E-state index in [9.17, 15) is 4.79 Å². The zero-order chi connectivity index (χ0) is 12.3. The summed E-state index contributed by atoms with van der Waals surface area (Å²) in [7, 11) is 1.63. The predicted molar refractivity (Wildman–Crippen MR) is 65.8 cm³/mol. The molecule has 3 N–H and O–H groups in total. The number of nitrogens with two attached hydrogens (primary N) is 1. The SMILES string of the molecule is COCCNC(=O)N1CCC2(N)CCCCC12. The van der Waals surface area contributed by atoms with Crippen LogP contribution in [0.25, 0.3) is 0 Å². The van der Waals surface area contributed by atoms with Crippen LogP contribution in [0.3, 0.4) is 0 Å². The molecule has 1 saturated heterocycles. The van der Waals surface area contributed by atoms with Gasteiger partial charge in [-0.25, -0.2) is 4.79 Å². The minimum atomic E-state index is -0.128. The van der Waals surface area contributed by atoms with Gasteiger partial charge in [-0.05, 0) is 19.3 Å². The Morgan fingerprint density at radius 2 is 2.35 bits per heavy atom. The van der Waals surface area contributed by atoms with Gasteiger partial charge in [0.15, 0.2) is 0 Å². The zero-order valence-corrected chi connectivity index (χ0v) is 10.6. The molecule has 1 aliphatic heterocycles. The van der Waals surface area contributed by atoms with Gasteiger partial charge in [-0.15, -0.1) is 0 Å². The van der Waals surface area contributed by atoms with E-state index < -0.39 is 0 Å². The van der Waals surface area contributed by atoms with Gasteiger partial charge in [0.2, 0.25) is 0 Å². The standard InChI is InChI=1S/C12H23N3O2/c1-17-9-7-14-11(16)15-8-6-12(13)5-3-2-4-10(12)15/h10H,2-9,13H2,1H3,(H,14,16). The van der Waals surface area contributed by atoms with Crippen LogP contribution in [-0.4, -0.2) is 49.3 Å². The number of hydrogen-bond acceptors (Lipinski definition) is 3. The van der Waals surface area contributed by atoms with Gasteiger partial charge < -0.3 is 20.7 Å². The van der Waals surface area contributed by atoms with E-state index in [2.05, 4.69) is 5.32 Å². The number of fused-ring (bicyclic) bond motifs is 1. The van der Waals surface area contributed by atoms with Crippen molar-refractivity contribution < 1.29 is 9.53 Å². The first-order valence-corrected chi connectivity index (χ1v) is 6.50. The summed E-state index contributed by atoms with van der Waals surface area (Å²) in [5.41, 5.74) is 6.27. The number of ether oxygens (including phenoxy) is 1. The summed E-state index contributed by atoms with van der Waals surface area (Å²) in [5.74, 6) is 0. The summed E-state index contributed by atoms with van der Waals surface area (Å²) in [6.45, 7) is 1.91. The van der Waals surface area contributed by atoms with Crippen molar-refractivity contribution in [2.75, 3.05) is 26.8 Å². The Hall–Kier alpha value is -0.810. The van der Waals surface area contributed by atoms with Crippen LogP contribution in [0.5, 0.6) is 0 Å². The second-order valence-electron chi connectivity index (χ2n) is 5.16. The molecule has 5 nitrogen and oxygen atoms in total. The first-order valence-electron chi connectivity index (χ1n) is 6.50. The molecule has 0 aromatic heterocycles. The molecule has 0 aromatic rings. The number of carbonyl (C=O) groups is 1. The molecule has 17 heavy (non-hydrogen) atoms. The van der Waals surface area contributed by atoms with Gasteiger partial charge in [-0.2, -0.15) is 0 Å². The highest BCUT2D eigenvalue weighted by Crippen LogP contribution is 2.37. The van der Waals surface area contributed by atoms with Crippen molar-refractivity contribution in [3.63, 3.8) is 0 Å². The van der Waals surface area contributed by atoms with Crippen LogP contribution in [0.1, 0.15) is 32.1 Å². The third-order valence-corrected chi connectivity index (χ3v) is 4.07. The van der Waals surface area contributed by atoms with Crippen LogP contribution >= 0.6 is 0 Å². The van der Waals surface area contributed by atoms with Crippen LogP contribution in [0.4, 0.5) is 4.79 Å². The number of likely N-dealkylation sites (tertiary alicyclic amines) is 1. The molecular formula is C12H23N3O2. The molecule has 2 fully saturated rings. The maximum absolute atomic E-state index is 12.0. The Labute approximate surface area is 103 Å². The average Bonchev–Trinajstić information content (AvgIpc) is 2.66. The molecule has 5 heteroatoms. The van der Waals surface area contributed by atoms with Crippen LogP contribution < -0.4 is 11.1 Å². The molecule has 0 radical (unpaired) electrons. The minimum Gasteiger partial charge on any atom is -0.383 e. The van der Waals surface area contributed by atoms with Crippen molar-refractivity contribution in [1.29, 1.82) is 0 Å². The van der Waals surface area contributed by atoms with Gasteiger partial charge in [0.25, 0.3) is 0 Å². The topological polar surface area (TPSA) is 67.6 Å². The molecule has 0 aromatic carbocycles. The molecule has 98 valence electrons. The number of hydrogen-bond donors (Lipinski definition) is 2. The molecular weight excluding hydrogens is 218 g/mol. The zero-order valence-electron chi connectivity index (χ0n) is 10.6. The van der Waals surface area contributed by atoms with Crippen molar-refractivity contribution in [3.05, 3.63) is 0 Å². The smallest absolute Gasteiger partial charge is 0.317 e. The Bertz CT molecular complexity index is 285. The lowest BCUT2D eigenvalue weighted by atomic mass is 9.79.